The van der Waals surface area contributed by atoms with Crippen LogP contribution in [0.5, 0.6) is 11.5 Å². The molecule has 4 aromatic carbocycles. The summed E-state index contributed by atoms with van der Waals surface area (Å²) in [5, 5.41) is 22.9. The third-order valence-corrected chi connectivity index (χ3v) is 5.53. The van der Waals surface area contributed by atoms with Crippen LogP contribution in [0.1, 0.15) is 28.4 Å². The Morgan fingerprint density at radius 3 is 2.53 bits per heavy atom. The van der Waals surface area contributed by atoms with Crippen LogP contribution in [0.2, 0.25) is 0 Å². The number of ketones is 1. The molecule has 0 aromatic heterocycles. The van der Waals surface area contributed by atoms with E-state index in [0.29, 0.717) is 30.3 Å². The van der Waals surface area contributed by atoms with E-state index in [1.54, 1.807) is 18.2 Å². The Morgan fingerprint density at radius 2 is 1.75 bits per heavy atom. The lowest BCUT2D eigenvalue weighted by molar-refractivity contribution is -0.384. The molecule has 0 N–H and O–H groups in total. The van der Waals surface area contributed by atoms with Crippen molar-refractivity contribution in [3.63, 3.8) is 0 Å². The fourth-order valence-electron chi connectivity index (χ4n) is 3.81. The average molecular weight is 479 g/mol. The molecule has 178 valence electrons. The van der Waals surface area contributed by atoms with Gasteiger partial charge in [0.15, 0.2) is 11.5 Å². The van der Waals surface area contributed by atoms with Gasteiger partial charge in [-0.15, -0.1) is 0 Å². The number of ether oxygens (including phenoxy) is 2. The van der Waals surface area contributed by atoms with Gasteiger partial charge in [0.25, 0.3) is 5.69 Å². The number of nitriles is 1. The van der Waals surface area contributed by atoms with Gasteiger partial charge in [0.05, 0.1) is 11.5 Å². The van der Waals surface area contributed by atoms with Crippen LogP contribution in [0.25, 0.3) is 16.8 Å². The number of nitro benzene ring substituents is 1. The lowest BCUT2D eigenvalue weighted by Gasteiger charge is -2.14. The van der Waals surface area contributed by atoms with Gasteiger partial charge in [0, 0.05) is 17.7 Å². The van der Waals surface area contributed by atoms with Crippen LogP contribution in [-0.2, 0) is 6.61 Å². The van der Waals surface area contributed by atoms with Gasteiger partial charge in [-0.1, -0.05) is 60.7 Å². The fourth-order valence-corrected chi connectivity index (χ4v) is 3.81. The Kier molecular flexibility index (Phi) is 7.37. The maximum Gasteiger partial charge on any atom is 0.270 e. The minimum atomic E-state index is -0.601. The molecular formula is C29H22N2O5. The zero-order chi connectivity index (χ0) is 25.5. The Balaban J connectivity index is 1.59. The SMILES string of the molecule is CCOc1cc(C=C(C#N)C(=O)c2cccc([N+](=O)[O-])c2)ccc1OCc1cccc2ccccc12. The van der Waals surface area contributed by atoms with E-state index in [1.807, 2.05) is 55.5 Å². The molecule has 0 heterocycles. The van der Waals surface area contributed by atoms with Crippen molar-refractivity contribution in [2.45, 2.75) is 13.5 Å². The van der Waals surface area contributed by atoms with Crippen LogP contribution in [0, 0.1) is 21.4 Å². The molecule has 0 aliphatic carbocycles. The van der Waals surface area contributed by atoms with Gasteiger partial charge in [-0.2, -0.15) is 5.26 Å². The number of nitrogens with zero attached hydrogens (tertiary/aromatic N) is 2. The lowest BCUT2D eigenvalue weighted by atomic mass is 10.0. The van der Waals surface area contributed by atoms with Crippen molar-refractivity contribution in [1.82, 2.24) is 0 Å². The van der Waals surface area contributed by atoms with E-state index in [2.05, 4.69) is 0 Å². The monoisotopic (exact) mass is 478 g/mol. The molecule has 0 radical (unpaired) electrons. The van der Waals surface area contributed by atoms with E-state index in [4.69, 9.17) is 9.47 Å². The molecule has 0 amide bonds. The summed E-state index contributed by atoms with van der Waals surface area (Å²) >= 11 is 0. The van der Waals surface area contributed by atoms with Crippen LogP contribution in [0.15, 0.2) is 90.5 Å². The van der Waals surface area contributed by atoms with Gasteiger partial charge in [-0.3, -0.25) is 14.9 Å². The molecule has 0 aliphatic rings. The second-order valence-corrected chi connectivity index (χ2v) is 7.87. The largest absolute Gasteiger partial charge is 0.490 e. The molecule has 0 bridgehead atoms. The third kappa shape index (κ3) is 5.40. The van der Waals surface area contributed by atoms with E-state index in [0.717, 1.165) is 22.4 Å². The summed E-state index contributed by atoms with van der Waals surface area (Å²) in [6, 6.07) is 26.5. The molecular weight excluding hydrogens is 456 g/mol. The van der Waals surface area contributed by atoms with E-state index in [-0.39, 0.29) is 16.8 Å². The Morgan fingerprint density at radius 1 is 0.972 bits per heavy atom. The maximum absolute atomic E-state index is 12.8. The lowest BCUT2D eigenvalue weighted by Crippen LogP contribution is -2.03. The van der Waals surface area contributed by atoms with E-state index in [1.165, 1.54) is 24.3 Å². The van der Waals surface area contributed by atoms with Crippen LogP contribution in [0.4, 0.5) is 5.69 Å². The number of carbonyl (C=O) groups excluding carboxylic acids is 1. The number of carbonyl (C=O) groups is 1. The molecule has 4 rings (SSSR count). The molecule has 0 atom stereocenters. The molecule has 4 aromatic rings. The molecule has 7 nitrogen and oxygen atoms in total. The molecule has 0 unspecified atom stereocenters. The summed E-state index contributed by atoms with van der Waals surface area (Å²) in [5.74, 6) is 0.410. The Hall–Kier alpha value is -4.96. The number of nitro groups is 1. The first kappa shape index (κ1) is 24.2. The van der Waals surface area contributed by atoms with E-state index in [9.17, 15) is 20.2 Å². The number of non-ortho nitro benzene ring substituents is 1. The normalized spacial score (nSPS) is 11.1. The number of allylic oxidation sites excluding steroid dienone is 1. The first-order valence-corrected chi connectivity index (χ1v) is 11.3. The molecule has 7 heteroatoms. The summed E-state index contributed by atoms with van der Waals surface area (Å²) in [7, 11) is 0. The van der Waals surface area contributed by atoms with Crippen LogP contribution >= 0.6 is 0 Å². The van der Waals surface area contributed by atoms with E-state index < -0.39 is 10.7 Å². The minimum Gasteiger partial charge on any atom is -0.490 e. The van der Waals surface area contributed by atoms with Crippen LogP contribution < -0.4 is 9.47 Å². The number of hydrogen-bond acceptors (Lipinski definition) is 6. The fraction of sp³-hybridized carbons (Fsp3) is 0.103. The second-order valence-electron chi connectivity index (χ2n) is 7.87. The summed E-state index contributed by atoms with van der Waals surface area (Å²) in [5.41, 5.74) is 1.30. The first-order valence-electron chi connectivity index (χ1n) is 11.3. The summed E-state index contributed by atoms with van der Waals surface area (Å²) in [4.78, 5) is 23.3. The van der Waals surface area contributed by atoms with Crippen molar-refractivity contribution < 1.29 is 19.2 Å². The van der Waals surface area contributed by atoms with Crippen molar-refractivity contribution in [2.24, 2.45) is 0 Å². The zero-order valence-electron chi connectivity index (χ0n) is 19.5. The molecule has 0 spiro atoms. The summed E-state index contributed by atoms with van der Waals surface area (Å²) < 4.78 is 11.8. The molecule has 0 saturated heterocycles. The van der Waals surface area contributed by atoms with Gasteiger partial charge in [0.2, 0.25) is 5.78 Å². The zero-order valence-corrected chi connectivity index (χ0v) is 19.5. The highest BCUT2D eigenvalue weighted by molar-refractivity contribution is 6.14. The quantitative estimate of drug-likeness (QED) is 0.0892. The predicted molar refractivity (Wildman–Crippen MR) is 137 cm³/mol. The van der Waals surface area contributed by atoms with Crippen molar-refractivity contribution in [3.05, 3.63) is 117 Å². The topological polar surface area (TPSA) is 102 Å². The van der Waals surface area contributed by atoms with Gasteiger partial charge in [-0.25, -0.2) is 0 Å². The minimum absolute atomic E-state index is 0.0667. The number of fused-ring (bicyclic) bond motifs is 1. The van der Waals surface area contributed by atoms with Gasteiger partial charge >= 0.3 is 0 Å². The van der Waals surface area contributed by atoms with Crippen molar-refractivity contribution >= 4 is 28.3 Å². The van der Waals surface area contributed by atoms with Gasteiger partial charge in [0.1, 0.15) is 18.2 Å². The summed E-state index contributed by atoms with van der Waals surface area (Å²) in [6.45, 7) is 2.59. The second kappa shape index (κ2) is 11.0. The predicted octanol–water partition coefficient (Wildman–Crippen LogP) is 6.52. The van der Waals surface area contributed by atoms with Crippen molar-refractivity contribution in [2.75, 3.05) is 6.61 Å². The van der Waals surface area contributed by atoms with Crippen LogP contribution in [-0.4, -0.2) is 17.3 Å². The van der Waals surface area contributed by atoms with Crippen molar-refractivity contribution in [1.29, 1.82) is 5.26 Å². The van der Waals surface area contributed by atoms with Crippen LogP contribution in [0.3, 0.4) is 0 Å². The summed E-state index contributed by atoms with van der Waals surface area (Å²) in [6.07, 6.45) is 1.43. The van der Waals surface area contributed by atoms with Crippen molar-refractivity contribution in [3.8, 4) is 17.6 Å². The number of benzene rings is 4. The molecule has 0 fully saturated rings. The molecule has 0 aliphatic heterocycles. The van der Waals surface area contributed by atoms with E-state index >= 15 is 0 Å². The smallest absolute Gasteiger partial charge is 0.270 e. The Labute approximate surface area is 208 Å². The highest BCUT2D eigenvalue weighted by Gasteiger charge is 2.16. The standard InChI is InChI=1S/C29H22N2O5/c1-2-35-28-16-20(15-24(18-30)29(32)22-9-6-11-25(17-22)31(33)34)13-14-27(28)36-19-23-10-5-8-21-7-3-4-12-26(21)23/h3-17H,2,19H2,1H3. The number of hydrogen-bond donors (Lipinski definition) is 0. The molecule has 36 heavy (non-hydrogen) atoms. The molecule has 0 saturated carbocycles. The first-order chi connectivity index (χ1) is 17.5. The van der Waals surface area contributed by atoms with Gasteiger partial charge < -0.3 is 9.47 Å². The third-order valence-electron chi connectivity index (χ3n) is 5.53. The number of Topliss-reactive ketones (excluding diaryl/α,β-unsaturated/α-hetero) is 1. The maximum atomic E-state index is 12.8. The number of rotatable bonds is 9. The average Bonchev–Trinajstić information content (AvgIpc) is 2.91. The highest BCUT2D eigenvalue weighted by Crippen LogP contribution is 2.31. The highest BCUT2D eigenvalue weighted by atomic mass is 16.6. The van der Waals surface area contributed by atoms with Gasteiger partial charge in [-0.05, 0) is 47.0 Å². The Bertz CT molecular complexity index is 1510.